The number of hydrogen-bond acceptors (Lipinski definition) is 4. The van der Waals surface area contributed by atoms with E-state index in [-0.39, 0.29) is 25.0 Å². The lowest BCUT2D eigenvalue weighted by atomic mass is 10.0. The van der Waals surface area contributed by atoms with Gasteiger partial charge in [-0.1, -0.05) is 29.8 Å². The van der Waals surface area contributed by atoms with Gasteiger partial charge in [0.15, 0.2) is 0 Å². The van der Waals surface area contributed by atoms with Crippen molar-refractivity contribution < 1.29 is 13.9 Å². The fourth-order valence-electron chi connectivity index (χ4n) is 2.90. The molecule has 0 unspecified atom stereocenters. The van der Waals surface area contributed by atoms with E-state index in [1.807, 2.05) is 18.2 Å². The van der Waals surface area contributed by atoms with Crippen LogP contribution < -0.4 is 10.1 Å². The molecule has 0 spiro atoms. The van der Waals surface area contributed by atoms with Gasteiger partial charge < -0.3 is 4.74 Å². The highest BCUT2D eigenvalue weighted by atomic mass is 35.5. The molecule has 2 aromatic carbocycles. The number of benzene rings is 2. The van der Waals surface area contributed by atoms with Crippen LogP contribution in [0.2, 0.25) is 5.02 Å². The van der Waals surface area contributed by atoms with Gasteiger partial charge in [-0.05, 0) is 29.8 Å². The van der Waals surface area contributed by atoms with Crippen molar-refractivity contribution in [2.24, 2.45) is 0 Å². The standard InChI is InChI=1S/C18H14ClFN4O2/c19-14-5-2-6-15(20)13(14)9-26-12-4-1-3-11(7-12)16-8-17(25)23-18-21-10-22-24(16)18/h1-7,10,16H,8-9H2,(H,21,22,23,25)/t16-/m0/s1. The van der Waals surface area contributed by atoms with Crippen LogP contribution in [0.5, 0.6) is 5.75 Å². The number of hydrogen-bond donors (Lipinski definition) is 1. The average molecular weight is 373 g/mol. The largest absolute Gasteiger partial charge is 0.489 e. The van der Waals surface area contributed by atoms with Crippen LogP contribution in [0.1, 0.15) is 23.6 Å². The molecule has 0 radical (unpaired) electrons. The lowest BCUT2D eigenvalue weighted by Crippen LogP contribution is -2.29. The first-order chi connectivity index (χ1) is 12.6. The number of fused-ring (bicyclic) bond motifs is 1. The number of nitrogens with one attached hydrogen (secondary N) is 1. The number of rotatable bonds is 4. The summed E-state index contributed by atoms with van der Waals surface area (Å²) < 4.78 is 21.2. The maximum atomic E-state index is 13.9. The van der Waals surface area contributed by atoms with Crippen LogP contribution in [0, 0.1) is 5.82 Å². The van der Waals surface area contributed by atoms with Crippen molar-refractivity contribution in [2.45, 2.75) is 19.1 Å². The van der Waals surface area contributed by atoms with Crippen molar-refractivity contribution in [1.82, 2.24) is 14.8 Å². The van der Waals surface area contributed by atoms with Crippen molar-refractivity contribution in [2.75, 3.05) is 5.32 Å². The van der Waals surface area contributed by atoms with E-state index in [1.54, 1.807) is 22.9 Å². The summed E-state index contributed by atoms with van der Waals surface area (Å²) >= 11 is 6.03. The molecule has 2 heterocycles. The molecule has 1 aromatic heterocycles. The molecule has 6 nitrogen and oxygen atoms in total. The van der Waals surface area contributed by atoms with Crippen LogP contribution in [0.3, 0.4) is 0 Å². The highest BCUT2D eigenvalue weighted by molar-refractivity contribution is 6.31. The fourth-order valence-corrected chi connectivity index (χ4v) is 3.12. The molecule has 1 amide bonds. The molecule has 1 aliphatic heterocycles. The molecule has 0 fully saturated rings. The Morgan fingerprint density at radius 1 is 1.31 bits per heavy atom. The molecule has 4 rings (SSSR count). The third-order valence-corrected chi connectivity index (χ3v) is 4.54. The zero-order valence-corrected chi connectivity index (χ0v) is 14.3. The van der Waals surface area contributed by atoms with E-state index in [0.717, 1.165) is 5.56 Å². The Balaban J connectivity index is 1.57. The molecular formula is C18H14ClFN4O2. The summed E-state index contributed by atoms with van der Waals surface area (Å²) in [6.45, 7) is 0.00862. The van der Waals surface area contributed by atoms with Crippen LogP contribution in [-0.4, -0.2) is 20.7 Å². The summed E-state index contributed by atoms with van der Waals surface area (Å²) in [6.07, 6.45) is 1.65. The normalized spacial score (nSPS) is 16.1. The van der Waals surface area contributed by atoms with E-state index < -0.39 is 5.82 Å². The molecule has 1 N–H and O–H groups in total. The quantitative estimate of drug-likeness (QED) is 0.760. The maximum Gasteiger partial charge on any atom is 0.229 e. The molecule has 8 heteroatoms. The van der Waals surface area contributed by atoms with Gasteiger partial charge in [0.05, 0.1) is 17.5 Å². The van der Waals surface area contributed by atoms with Crippen molar-refractivity contribution in [3.63, 3.8) is 0 Å². The minimum atomic E-state index is -0.412. The zero-order chi connectivity index (χ0) is 18.1. The maximum absolute atomic E-state index is 13.9. The third kappa shape index (κ3) is 3.13. The van der Waals surface area contributed by atoms with Gasteiger partial charge in [-0.3, -0.25) is 10.1 Å². The van der Waals surface area contributed by atoms with Gasteiger partial charge in [-0.2, -0.15) is 10.1 Å². The lowest BCUT2D eigenvalue weighted by molar-refractivity contribution is -0.117. The monoisotopic (exact) mass is 372 g/mol. The van der Waals surface area contributed by atoms with Gasteiger partial charge >= 0.3 is 0 Å². The van der Waals surface area contributed by atoms with Crippen LogP contribution in [0.15, 0.2) is 48.8 Å². The van der Waals surface area contributed by atoms with Gasteiger partial charge in [0.2, 0.25) is 11.9 Å². The Kier molecular flexibility index (Phi) is 4.30. The Labute approximate surface area is 153 Å². The molecule has 0 aliphatic carbocycles. The smallest absolute Gasteiger partial charge is 0.229 e. The number of aromatic nitrogens is 3. The fraction of sp³-hybridized carbons (Fsp3) is 0.167. The van der Waals surface area contributed by atoms with Crippen LogP contribution in [-0.2, 0) is 11.4 Å². The van der Waals surface area contributed by atoms with Crippen molar-refractivity contribution in [3.8, 4) is 5.75 Å². The minimum absolute atomic E-state index is 0.00862. The van der Waals surface area contributed by atoms with E-state index in [0.29, 0.717) is 22.3 Å². The van der Waals surface area contributed by atoms with E-state index in [9.17, 15) is 9.18 Å². The van der Waals surface area contributed by atoms with Gasteiger partial charge in [-0.15, -0.1) is 0 Å². The number of ether oxygens (including phenoxy) is 1. The first kappa shape index (κ1) is 16.5. The van der Waals surface area contributed by atoms with Gasteiger partial charge in [0, 0.05) is 5.56 Å². The summed E-state index contributed by atoms with van der Waals surface area (Å²) in [5.41, 5.74) is 1.15. The molecule has 0 saturated carbocycles. The number of amides is 1. The molecule has 1 atom stereocenters. The van der Waals surface area contributed by atoms with Crippen molar-refractivity contribution in [1.29, 1.82) is 0 Å². The second-order valence-electron chi connectivity index (χ2n) is 5.86. The summed E-state index contributed by atoms with van der Waals surface area (Å²) in [7, 11) is 0. The molecule has 26 heavy (non-hydrogen) atoms. The van der Waals surface area contributed by atoms with Gasteiger partial charge in [0.1, 0.15) is 24.5 Å². The third-order valence-electron chi connectivity index (χ3n) is 4.19. The number of nitrogens with zero attached hydrogens (tertiary/aromatic N) is 3. The van der Waals surface area contributed by atoms with Crippen molar-refractivity contribution >= 4 is 23.5 Å². The minimum Gasteiger partial charge on any atom is -0.489 e. The van der Waals surface area contributed by atoms with Crippen LogP contribution >= 0.6 is 11.6 Å². The van der Waals surface area contributed by atoms with Gasteiger partial charge in [-0.25, -0.2) is 9.07 Å². The Hall–Kier alpha value is -2.93. The highest BCUT2D eigenvalue weighted by Gasteiger charge is 2.27. The second kappa shape index (κ2) is 6.76. The van der Waals surface area contributed by atoms with Gasteiger partial charge in [0.25, 0.3) is 0 Å². The van der Waals surface area contributed by atoms with E-state index in [1.165, 1.54) is 12.4 Å². The summed E-state index contributed by atoms with van der Waals surface area (Å²) in [5, 5.41) is 7.17. The van der Waals surface area contributed by atoms with E-state index in [4.69, 9.17) is 16.3 Å². The van der Waals surface area contributed by atoms with E-state index >= 15 is 0 Å². The number of halogens is 2. The number of carbonyl (C=O) groups is 1. The van der Waals surface area contributed by atoms with E-state index in [2.05, 4.69) is 15.4 Å². The molecule has 3 aromatic rings. The molecule has 1 aliphatic rings. The highest BCUT2D eigenvalue weighted by Crippen LogP contribution is 2.30. The Bertz CT molecular complexity index is 955. The van der Waals surface area contributed by atoms with Crippen LogP contribution in [0.25, 0.3) is 0 Å². The first-order valence-electron chi connectivity index (χ1n) is 7.97. The summed E-state index contributed by atoms with van der Waals surface area (Å²) in [6, 6.07) is 11.5. The Morgan fingerprint density at radius 2 is 2.15 bits per heavy atom. The van der Waals surface area contributed by atoms with Crippen LogP contribution in [0.4, 0.5) is 10.3 Å². The number of anilines is 1. The first-order valence-corrected chi connectivity index (χ1v) is 8.34. The van der Waals surface area contributed by atoms with Crippen molar-refractivity contribution in [3.05, 3.63) is 70.8 Å². The zero-order valence-electron chi connectivity index (χ0n) is 13.5. The SMILES string of the molecule is O=C1C[C@@H](c2cccc(OCc3c(F)cccc3Cl)c2)n2ncnc2N1. The summed E-state index contributed by atoms with van der Waals surface area (Å²) in [5.74, 6) is 0.426. The lowest BCUT2D eigenvalue weighted by Gasteiger charge is -2.24. The second-order valence-corrected chi connectivity index (χ2v) is 6.26. The molecule has 0 bridgehead atoms. The Morgan fingerprint density at radius 3 is 3.00 bits per heavy atom. The summed E-state index contributed by atoms with van der Waals surface area (Å²) in [4.78, 5) is 15.9. The molecule has 132 valence electrons. The molecule has 0 saturated heterocycles. The molecular weight excluding hydrogens is 359 g/mol. The predicted octanol–water partition coefficient (Wildman–Crippen LogP) is 3.58. The number of carbonyl (C=O) groups excluding carboxylic acids is 1. The average Bonchev–Trinajstić information content (AvgIpc) is 3.09. The predicted molar refractivity (Wildman–Crippen MR) is 93.6 cm³/mol. The topological polar surface area (TPSA) is 69.0 Å².